The van der Waals surface area contributed by atoms with Crippen molar-refractivity contribution in [3.05, 3.63) is 29.3 Å². The summed E-state index contributed by atoms with van der Waals surface area (Å²) < 4.78 is 5.36. The minimum Gasteiger partial charge on any atom is -0.496 e. The number of carbonyl (C=O) groups is 1. The van der Waals surface area contributed by atoms with Crippen molar-refractivity contribution in [3.8, 4) is 5.75 Å². The second-order valence-corrected chi connectivity index (χ2v) is 7.58. The van der Waals surface area contributed by atoms with Crippen molar-refractivity contribution in [2.45, 2.75) is 31.9 Å². The van der Waals surface area contributed by atoms with E-state index in [0.717, 1.165) is 43.1 Å². The van der Waals surface area contributed by atoms with Crippen LogP contribution in [0.1, 0.15) is 17.5 Å². The Morgan fingerprint density at radius 1 is 1.23 bits per heavy atom. The average molecular weight is 361 g/mol. The fourth-order valence-electron chi connectivity index (χ4n) is 3.91. The Morgan fingerprint density at radius 3 is 2.65 bits per heavy atom. The molecule has 1 amide bonds. The van der Waals surface area contributed by atoms with E-state index >= 15 is 0 Å². The van der Waals surface area contributed by atoms with Gasteiger partial charge in [0.05, 0.1) is 19.3 Å². The zero-order valence-electron chi connectivity index (χ0n) is 16.1. The van der Waals surface area contributed by atoms with Gasteiger partial charge in [-0.1, -0.05) is 12.1 Å². The minimum atomic E-state index is -0.443. The van der Waals surface area contributed by atoms with E-state index in [-0.39, 0.29) is 11.9 Å². The standard InChI is InChI=1S/C20H31N3O3/c1-15-4-5-16(12-19(15)26-3)6-7-20(25)23-13-17(18(24)14-23)22-10-8-21(2)9-11-22/h4-5,12,17-18,24H,6-11,13-14H2,1-3H3/t17-,18-/m1/s1. The van der Waals surface area contributed by atoms with Gasteiger partial charge in [0, 0.05) is 45.7 Å². The number of carbonyl (C=O) groups excluding carboxylic acids is 1. The number of β-amino-alcohol motifs (C(OH)–C–C–N with tert-alkyl or cyclic N) is 1. The van der Waals surface area contributed by atoms with Crippen LogP contribution in [-0.2, 0) is 11.2 Å². The first kappa shape index (κ1) is 19.1. The fourth-order valence-corrected chi connectivity index (χ4v) is 3.91. The van der Waals surface area contributed by atoms with Gasteiger partial charge < -0.3 is 19.6 Å². The molecule has 144 valence electrons. The second-order valence-electron chi connectivity index (χ2n) is 7.58. The first-order chi connectivity index (χ1) is 12.5. The minimum absolute atomic E-state index is 0.0760. The molecule has 2 saturated heterocycles. The Balaban J connectivity index is 1.52. The Bertz CT molecular complexity index is 629. The number of ether oxygens (including phenoxy) is 1. The number of hydrogen-bond donors (Lipinski definition) is 1. The monoisotopic (exact) mass is 361 g/mol. The van der Waals surface area contributed by atoms with E-state index < -0.39 is 6.10 Å². The van der Waals surface area contributed by atoms with Crippen molar-refractivity contribution >= 4 is 5.91 Å². The van der Waals surface area contributed by atoms with Gasteiger partial charge in [-0.15, -0.1) is 0 Å². The maximum Gasteiger partial charge on any atom is 0.223 e. The van der Waals surface area contributed by atoms with Crippen LogP contribution >= 0.6 is 0 Å². The van der Waals surface area contributed by atoms with E-state index in [1.807, 2.05) is 24.0 Å². The number of nitrogens with zero attached hydrogens (tertiary/aromatic N) is 3. The highest BCUT2D eigenvalue weighted by atomic mass is 16.5. The zero-order chi connectivity index (χ0) is 18.7. The third-order valence-corrected chi connectivity index (χ3v) is 5.72. The van der Waals surface area contributed by atoms with Gasteiger partial charge in [-0.2, -0.15) is 0 Å². The number of aliphatic hydroxyl groups is 1. The summed E-state index contributed by atoms with van der Waals surface area (Å²) in [5.41, 5.74) is 2.21. The van der Waals surface area contributed by atoms with Crippen LogP contribution in [0.3, 0.4) is 0 Å². The molecule has 1 N–H and O–H groups in total. The molecule has 0 radical (unpaired) electrons. The smallest absolute Gasteiger partial charge is 0.223 e. The lowest BCUT2D eigenvalue weighted by atomic mass is 10.1. The Labute approximate surface area is 156 Å². The number of amides is 1. The second kappa shape index (κ2) is 8.37. The Morgan fingerprint density at radius 2 is 1.96 bits per heavy atom. The van der Waals surface area contributed by atoms with Gasteiger partial charge in [-0.05, 0) is 37.6 Å². The van der Waals surface area contributed by atoms with Gasteiger partial charge >= 0.3 is 0 Å². The largest absolute Gasteiger partial charge is 0.496 e. The third-order valence-electron chi connectivity index (χ3n) is 5.72. The molecule has 0 saturated carbocycles. The SMILES string of the molecule is COc1cc(CCC(=O)N2C[C@@H](O)[C@H](N3CCN(C)CC3)C2)ccc1C. The maximum absolute atomic E-state index is 12.6. The van der Waals surface area contributed by atoms with Crippen molar-refractivity contribution in [3.63, 3.8) is 0 Å². The molecule has 0 aromatic heterocycles. The van der Waals surface area contributed by atoms with E-state index in [9.17, 15) is 9.90 Å². The molecule has 0 aliphatic carbocycles. The number of likely N-dealkylation sites (tertiary alicyclic amines) is 1. The predicted molar refractivity (Wildman–Crippen MR) is 101 cm³/mol. The fraction of sp³-hybridized carbons (Fsp3) is 0.650. The summed E-state index contributed by atoms with van der Waals surface area (Å²) in [7, 11) is 3.79. The molecular formula is C20H31N3O3. The van der Waals surface area contributed by atoms with E-state index in [0.29, 0.717) is 25.9 Å². The zero-order valence-corrected chi connectivity index (χ0v) is 16.1. The van der Waals surface area contributed by atoms with E-state index in [1.54, 1.807) is 7.11 Å². The topological polar surface area (TPSA) is 56.2 Å². The summed E-state index contributed by atoms with van der Waals surface area (Å²) in [5, 5.41) is 10.4. The lowest BCUT2D eigenvalue weighted by Gasteiger charge is -2.37. The highest BCUT2D eigenvalue weighted by Crippen LogP contribution is 2.22. The van der Waals surface area contributed by atoms with Gasteiger partial charge in [-0.3, -0.25) is 9.69 Å². The first-order valence-electron chi connectivity index (χ1n) is 9.50. The highest BCUT2D eigenvalue weighted by molar-refractivity contribution is 5.77. The van der Waals surface area contributed by atoms with E-state index in [2.05, 4.69) is 22.9 Å². The van der Waals surface area contributed by atoms with Crippen LogP contribution in [0.15, 0.2) is 18.2 Å². The van der Waals surface area contributed by atoms with Gasteiger partial charge in [0.1, 0.15) is 5.75 Å². The number of aryl methyl sites for hydroxylation is 2. The van der Waals surface area contributed by atoms with Crippen molar-refractivity contribution in [1.82, 2.24) is 14.7 Å². The van der Waals surface area contributed by atoms with Crippen molar-refractivity contribution in [2.75, 3.05) is 53.4 Å². The molecular weight excluding hydrogens is 330 g/mol. The van der Waals surface area contributed by atoms with Crippen LogP contribution < -0.4 is 4.74 Å². The predicted octanol–water partition coefficient (Wildman–Crippen LogP) is 0.755. The number of benzene rings is 1. The number of hydrogen-bond acceptors (Lipinski definition) is 5. The molecule has 0 unspecified atom stereocenters. The molecule has 0 bridgehead atoms. The van der Waals surface area contributed by atoms with Gasteiger partial charge in [0.15, 0.2) is 0 Å². The van der Waals surface area contributed by atoms with E-state index in [4.69, 9.17) is 4.74 Å². The molecule has 1 aromatic carbocycles. The average Bonchev–Trinajstić information content (AvgIpc) is 3.03. The number of methoxy groups -OCH3 is 1. The first-order valence-corrected chi connectivity index (χ1v) is 9.50. The Kier molecular flexibility index (Phi) is 6.16. The number of likely N-dealkylation sites (N-methyl/N-ethyl adjacent to an activating group) is 1. The van der Waals surface area contributed by atoms with Gasteiger partial charge in [0.25, 0.3) is 0 Å². The van der Waals surface area contributed by atoms with Crippen LogP contribution in [0.5, 0.6) is 5.75 Å². The summed E-state index contributed by atoms with van der Waals surface area (Å²) >= 11 is 0. The summed E-state index contributed by atoms with van der Waals surface area (Å²) in [6.45, 7) is 7.07. The van der Waals surface area contributed by atoms with Crippen molar-refractivity contribution in [2.24, 2.45) is 0 Å². The highest BCUT2D eigenvalue weighted by Gasteiger charge is 2.38. The molecule has 2 heterocycles. The van der Waals surface area contributed by atoms with Gasteiger partial charge in [-0.25, -0.2) is 0 Å². The van der Waals surface area contributed by atoms with Crippen LogP contribution in [0.2, 0.25) is 0 Å². The quantitative estimate of drug-likeness (QED) is 0.839. The summed E-state index contributed by atoms with van der Waals surface area (Å²) in [5.74, 6) is 0.988. The molecule has 2 atom stereocenters. The van der Waals surface area contributed by atoms with E-state index in [1.165, 1.54) is 0 Å². The van der Waals surface area contributed by atoms with Crippen LogP contribution in [-0.4, -0.2) is 91.3 Å². The molecule has 6 nitrogen and oxygen atoms in total. The summed E-state index contributed by atoms with van der Waals surface area (Å²) in [4.78, 5) is 19.1. The summed E-state index contributed by atoms with van der Waals surface area (Å²) in [6.07, 6.45) is 0.720. The molecule has 0 spiro atoms. The molecule has 2 fully saturated rings. The summed E-state index contributed by atoms with van der Waals surface area (Å²) in [6, 6.07) is 6.17. The van der Waals surface area contributed by atoms with Crippen molar-refractivity contribution < 1.29 is 14.6 Å². The number of rotatable bonds is 5. The maximum atomic E-state index is 12.6. The molecule has 3 rings (SSSR count). The number of piperazine rings is 1. The van der Waals surface area contributed by atoms with Crippen LogP contribution in [0.4, 0.5) is 0 Å². The van der Waals surface area contributed by atoms with Gasteiger partial charge in [0.2, 0.25) is 5.91 Å². The molecule has 2 aliphatic heterocycles. The lowest BCUT2D eigenvalue weighted by molar-refractivity contribution is -0.130. The Hall–Kier alpha value is -1.63. The molecule has 6 heteroatoms. The normalized spacial score (nSPS) is 24.8. The lowest BCUT2D eigenvalue weighted by Crippen LogP contribution is -2.52. The number of aliphatic hydroxyl groups excluding tert-OH is 1. The molecule has 26 heavy (non-hydrogen) atoms. The van der Waals surface area contributed by atoms with Crippen molar-refractivity contribution in [1.29, 1.82) is 0 Å². The molecule has 1 aromatic rings. The molecule has 2 aliphatic rings. The third kappa shape index (κ3) is 4.37. The van der Waals surface area contributed by atoms with Crippen LogP contribution in [0.25, 0.3) is 0 Å². The van der Waals surface area contributed by atoms with Crippen LogP contribution in [0, 0.1) is 6.92 Å².